The second-order valence-electron chi connectivity index (χ2n) is 7.19. The van der Waals surface area contributed by atoms with Crippen LogP contribution in [-0.4, -0.2) is 53.5 Å². The van der Waals surface area contributed by atoms with Gasteiger partial charge in [0, 0.05) is 38.9 Å². The summed E-state index contributed by atoms with van der Waals surface area (Å²) >= 11 is 1.51. The van der Waals surface area contributed by atoms with E-state index in [9.17, 15) is 4.79 Å². The molecule has 1 aliphatic heterocycles. The Bertz CT molecular complexity index is 977. The molecule has 0 radical (unpaired) electrons. The molecule has 3 aromatic rings. The predicted molar refractivity (Wildman–Crippen MR) is 121 cm³/mol. The van der Waals surface area contributed by atoms with Crippen LogP contribution in [0.5, 0.6) is 5.75 Å². The Hall–Kier alpha value is -2.96. The first-order valence-corrected chi connectivity index (χ1v) is 10.9. The zero-order valence-electron chi connectivity index (χ0n) is 16.9. The maximum Gasteiger partial charge on any atom is 0.264 e. The van der Waals surface area contributed by atoms with Gasteiger partial charge in [-0.3, -0.25) is 14.7 Å². The summed E-state index contributed by atoms with van der Waals surface area (Å²) in [6.07, 6.45) is 3.52. The van der Waals surface area contributed by atoms with Gasteiger partial charge in [0.15, 0.2) is 0 Å². The summed E-state index contributed by atoms with van der Waals surface area (Å²) in [5.41, 5.74) is 2.16. The Morgan fingerprint density at radius 1 is 1.07 bits per heavy atom. The lowest BCUT2D eigenvalue weighted by atomic mass is 10.2. The average Bonchev–Trinajstić information content (AvgIpc) is 3.30. The van der Waals surface area contributed by atoms with Crippen molar-refractivity contribution in [2.24, 2.45) is 0 Å². The normalized spacial score (nSPS) is 14.5. The van der Waals surface area contributed by atoms with Gasteiger partial charge in [-0.05, 0) is 42.0 Å². The van der Waals surface area contributed by atoms with Crippen molar-refractivity contribution >= 4 is 17.2 Å². The Morgan fingerprint density at radius 3 is 2.57 bits per heavy atom. The number of piperazine rings is 1. The summed E-state index contributed by atoms with van der Waals surface area (Å²) < 4.78 is 5.53. The van der Waals surface area contributed by atoms with Crippen LogP contribution in [0.2, 0.25) is 0 Å². The highest BCUT2D eigenvalue weighted by Crippen LogP contribution is 2.27. The van der Waals surface area contributed by atoms with Gasteiger partial charge in [-0.25, -0.2) is 0 Å². The number of hydrogen-bond acceptors (Lipinski definition) is 5. The van der Waals surface area contributed by atoms with Gasteiger partial charge in [0.2, 0.25) is 0 Å². The SMILES string of the molecule is C=CCOc1ccc(CN2CCN(C(=O)c3ccc(-c4ccccn4)s3)CC2)cc1. The summed E-state index contributed by atoms with van der Waals surface area (Å²) in [6, 6.07) is 17.9. The molecule has 30 heavy (non-hydrogen) atoms. The van der Waals surface area contributed by atoms with Crippen LogP contribution in [-0.2, 0) is 6.54 Å². The highest BCUT2D eigenvalue weighted by molar-refractivity contribution is 7.17. The lowest BCUT2D eigenvalue weighted by molar-refractivity contribution is 0.0633. The Morgan fingerprint density at radius 2 is 1.87 bits per heavy atom. The smallest absolute Gasteiger partial charge is 0.264 e. The molecule has 2 aromatic heterocycles. The molecule has 6 heteroatoms. The highest BCUT2D eigenvalue weighted by atomic mass is 32.1. The van der Waals surface area contributed by atoms with Gasteiger partial charge >= 0.3 is 0 Å². The van der Waals surface area contributed by atoms with Crippen LogP contribution in [0.1, 0.15) is 15.2 Å². The average molecular weight is 420 g/mol. The molecule has 1 aliphatic rings. The molecule has 0 atom stereocenters. The molecular weight excluding hydrogens is 394 g/mol. The van der Waals surface area contributed by atoms with Gasteiger partial charge < -0.3 is 9.64 Å². The zero-order chi connectivity index (χ0) is 20.8. The van der Waals surface area contributed by atoms with Crippen molar-refractivity contribution in [2.45, 2.75) is 6.54 Å². The summed E-state index contributed by atoms with van der Waals surface area (Å²) in [6.45, 7) is 8.30. The molecule has 0 N–H and O–H groups in total. The zero-order valence-corrected chi connectivity index (χ0v) is 17.7. The number of aromatic nitrogens is 1. The van der Waals surface area contributed by atoms with E-state index in [-0.39, 0.29) is 5.91 Å². The number of thiophene rings is 1. The number of rotatable bonds is 7. The fourth-order valence-corrected chi connectivity index (χ4v) is 4.42. The molecule has 0 spiro atoms. The molecule has 154 valence electrons. The second kappa shape index (κ2) is 9.69. The van der Waals surface area contributed by atoms with Crippen molar-refractivity contribution in [3.8, 4) is 16.3 Å². The lowest BCUT2D eigenvalue weighted by Gasteiger charge is -2.34. The number of nitrogens with zero attached hydrogens (tertiary/aromatic N) is 3. The number of carbonyl (C=O) groups excluding carboxylic acids is 1. The van der Waals surface area contributed by atoms with Crippen molar-refractivity contribution in [1.29, 1.82) is 0 Å². The highest BCUT2D eigenvalue weighted by Gasteiger charge is 2.23. The second-order valence-corrected chi connectivity index (χ2v) is 8.27. The van der Waals surface area contributed by atoms with Crippen LogP contribution >= 0.6 is 11.3 Å². The maximum absolute atomic E-state index is 12.9. The molecule has 1 fully saturated rings. The number of ether oxygens (including phenoxy) is 1. The van der Waals surface area contributed by atoms with Gasteiger partial charge in [-0.15, -0.1) is 11.3 Å². The van der Waals surface area contributed by atoms with Gasteiger partial charge in [-0.1, -0.05) is 30.9 Å². The van der Waals surface area contributed by atoms with E-state index in [0.29, 0.717) is 6.61 Å². The summed E-state index contributed by atoms with van der Waals surface area (Å²) in [7, 11) is 0. The summed E-state index contributed by atoms with van der Waals surface area (Å²) in [5, 5.41) is 0. The van der Waals surface area contributed by atoms with E-state index in [1.165, 1.54) is 16.9 Å². The van der Waals surface area contributed by atoms with Crippen molar-refractivity contribution in [3.05, 3.63) is 83.9 Å². The van der Waals surface area contributed by atoms with Crippen molar-refractivity contribution in [1.82, 2.24) is 14.8 Å². The van der Waals surface area contributed by atoms with Crippen molar-refractivity contribution in [2.75, 3.05) is 32.8 Å². The van der Waals surface area contributed by atoms with Crippen molar-refractivity contribution in [3.63, 3.8) is 0 Å². The monoisotopic (exact) mass is 419 g/mol. The van der Waals surface area contributed by atoms with E-state index in [1.54, 1.807) is 12.3 Å². The minimum absolute atomic E-state index is 0.116. The van der Waals surface area contributed by atoms with E-state index in [1.807, 2.05) is 47.4 Å². The molecule has 1 amide bonds. The molecule has 0 bridgehead atoms. The number of pyridine rings is 1. The Kier molecular flexibility index (Phi) is 6.57. The first-order valence-electron chi connectivity index (χ1n) is 10.1. The van der Waals surface area contributed by atoms with E-state index in [4.69, 9.17) is 4.74 Å². The van der Waals surface area contributed by atoms with Gasteiger partial charge in [0.1, 0.15) is 12.4 Å². The van der Waals surface area contributed by atoms with Gasteiger partial charge in [0.25, 0.3) is 5.91 Å². The number of amides is 1. The first kappa shape index (κ1) is 20.3. The molecule has 4 rings (SSSR count). The largest absolute Gasteiger partial charge is 0.490 e. The molecule has 1 saturated heterocycles. The molecular formula is C24H25N3O2S. The number of carbonyl (C=O) groups is 1. The molecule has 1 aromatic carbocycles. The lowest BCUT2D eigenvalue weighted by Crippen LogP contribution is -2.48. The maximum atomic E-state index is 12.9. The standard InChI is InChI=1S/C24H25N3O2S/c1-2-17-29-20-8-6-19(7-9-20)18-26-13-15-27(16-14-26)24(28)23-11-10-22(30-23)21-5-3-4-12-25-21/h2-12H,1,13-18H2. The van der Waals surface area contributed by atoms with Crippen LogP contribution in [0.15, 0.2) is 73.4 Å². The molecule has 0 aliphatic carbocycles. The number of hydrogen-bond donors (Lipinski definition) is 0. The quantitative estimate of drug-likeness (QED) is 0.535. The Labute approximate surface area is 181 Å². The van der Waals surface area contributed by atoms with E-state index in [2.05, 4.69) is 28.6 Å². The third-order valence-corrected chi connectivity index (χ3v) is 6.19. The summed E-state index contributed by atoms with van der Waals surface area (Å²) in [5.74, 6) is 0.973. The molecule has 5 nitrogen and oxygen atoms in total. The summed E-state index contributed by atoms with van der Waals surface area (Å²) in [4.78, 5) is 23.4. The number of benzene rings is 1. The van der Waals surface area contributed by atoms with E-state index in [0.717, 1.165) is 53.9 Å². The van der Waals surface area contributed by atoms with Crippen LogP contribution in [0.3, 0.4) is 0 Å². The van der Waals surface area contributed by atoms with Crippen molar-refractivity contribution < 1.29 is 9.53 Å². The molecule has 0 unspecified atom stereocenters. The Balaban J connectivity index is 1.29. The fraction of sp³-hybridized carbons (Fsp3) is 0.250. The molecule has 3 heterocycles. The third kappa shape index (κ3) is 4.96. The minimum atomic E-state index is 0.116. The van der Waals surface area contributed by atoms with Crippen LogP contribution in [0.25, 0.3) is 10.6 Å². The van der Waals surface area contributed by atoms with Crippen LogP contribution < -0.4 is 4.74 Å². The van der Waals surface area contributed by atoms with E-state index < -0.39 is 0 Å². The van der Waals surface area contributed by atoms with E-state index >= 15 is 0 Å². The van der Waals surface area contributed by atoms with Crippen LogP contribution in [0.4, 0.5) is 0 Å². The predicted octanol–water partition coefficient (Wildman–Crippen LogP) is 4.33. The topological polar surface area (TPSA) is 45.7 Å². The molecule has 0 saturated carbocycles. The van der Waals surface area contributed by atoms with Gasteiger partial charge in [-0.2, -0.15) is 0 Å². The third-order valence-electron chi connectivity index (χ3n) is 5.09. The first-order chi connectivity index (χ1) is 14.7. The minimum Gasteiger partial charge on any atom is -0.490 e. The van der Waals surface area contributed by atoms with Crippen LogP contribution in [0, 0.1) is 0 Å². The van der Waals surface area contributed by atoms with Gasteiger partial charge in [0.05, 0.1) is 15.4 Å². The fourth-order valence-electron chi connectivity index (χ4n) is 3.47.